The molecule has 0 spiro atoms. The molecule has 3 aromatic rings. The van der Waals surface area contributed by atoms with E-state index in [0.717, 1.165) is 38.3 Å². The largest absolute Gasteiger partial charge is 0.364 e. The van der Waals surface area contributed by atoms with E-state index in [-0.39, 0.29) is 11.9 Å². The number of aromatic nitrogens is 4. The molecule has 1 atom stereocenters. The molecule has 1 aliphatic rings. The first kappa shape index (κ1) is 14.9. The van der Waals surface area contributed by atoms with Gasteiger partial charge in [0.25, 0.3) is 0 Å². The third-order valence-electron chi connectivity index (χ3n) is 4.12. The van der Waals surface area contributed by atoms with Gasteiger partial charge in [-0.2, -0.15) is 0 Å². The van der Waals surface area contributed by atoms with Crippen LogP contribution in [0.1, 0.15) is 12.8 Å². The maximum atomic E-state index is 14.1. The second kappa shape index (κ2) is 6.12. The van der Waals surface area contributed by atoms with E-state index in [4.69, 9.17) is 0 Å². The molecular weight excluding hydrogens is 314 g/mol. The number of H-pyrrole nitrogens is 1. The number of rotatable bonds is 3. The normalized spacial score (nSPS) is 18.0. The minimum absolute atomic E-state index is 0.123. The molecule has 0 radical (unpaired) electrons. The van der Waals surface area contributed by atoms with E-state index < -0.39 is 11.6 Å². The van der Waals surface area contributed by atoms with Gasteiger partial charge in [-0.3, -0.25) is 0 Å². The van der Waals surface area contributed by atoms with Gasteiger partial charge in [-0.25, -0.2) is 23.7 Å². The van der Waals surface area contributed by atoms with Gasteiger partial charge in [-0.1, -0.05) is 0 Å². The number of piperidine rings is 1. The zero-order valence-electron chi connectivity index (χ0n) is 12.8. The summed E-state index contributed by atoms with van der Waals surface area (Å²) < 4.78 is 27.5. The molecule has 0 aromatic carbocycles. The van der Waals surface area contributed by atoms with Gasteiger partial charge in [-0.05, 0) is 25.5 Å². The number of aromatic amines is 1. The molecule has 1 fully saturated rings. The Hall–Kier alpha value is -2.61. The van der Waals surface area contributed by atoms with Gasteiger partial charge >= 0.3 is 0 Å². The summed E-state index contributed by atoms with van der Waals surface area (Å²) in [7, 11) is 0. The summed E-state index contributed by atoms with van der Waals surface area (Å²) in [5.41, 5.74) is 1.12. The predicted molar refractivity (Wildman–Crippen MR) is 86.6 cm³/mol. The molecule has 1 saturated heterocycles. The molecular formula is C16H16F2N6. The first-order valence-electron chi connectivity index (χ1n) is 7.83. The Bertz CT molecular complexity index is 872. The topological polar surface area (TPSA) is 78.5 Å². The van der Waals surface area contributed by atoms with Gasteiger partial charge in [0.15, 0.2) is 17.5 Å². The van der Waals surface area contributed by atoms with Crippen LogP contribution in [0, 0.1) is 11.6 Å². The second-order valence-electron chi connectivity index (χ2n) is 5.83. The van der Waals surface area contributed by atoms with Crippen molar-refractivity contribution in [1.29, 1.82) is 0 Å². The van der Waals surface area contributed by atoms with Crippen molar-refractivity contribution in [3.63, 3.8) is 0 Å². The highest BCUT2D eigenvalue weighted by Gasteiger charge is 2.18. The third-order valence-corrected chi connectivity index (χ3v) is 4.12. The van der Waals surface area contributed by atoms with Crippen molar-refractivity contribution in [3.8, 4) is 11.4 Å². The Morgan fingerprint density at radius 2 is 2.12 bits per heavy atom. The molecule has 6 nitrogen and oxygen atoms in total. The molecule has 0 amide bonds. The van der Waals surface area contributed by atoms with E-state index in [1.54, 1.807) is 6.20 Å². The predicted octanol–water partition coefficient (Wildman–Crippen LogP) is 2.46. The van der Waals surface area contributed by atoms with Gasteiger partial charge in [0.2, 0.25) is 0 Å². The molecule has 3 aromatic heterocycles. The summed E-state index contributed by atoms with van der Waals surface area (Å²) in [6, 6.07) is 1.48. The highest BCUT2D eigenvalue weighted by Crippen LogP contribution is 2.27. The first-order chi connectivity index (χ1) is 11.7. The molecule has 24 heavy (non-hydrogen) atoms. The molecule has 0 bridgehead atoms. The van der Waals surface area contributed by atoms with Crippen LogP contribution in [-0.4, -0.2) is 39.1 Å². The fourth-order valence-corrected chi connectivity index (χ4v) is 2.93. The number of nitrogens with zero attached hydrogens (tertiary/aromatic N) is 3. The third kappa shape index (κ3) is 2.80. The highest BCUT2D eigenvalue weighted by atomic mass is 19.1. The van der Waals surface area contributed by atoms with Gasteiger partial charge in [0.05, 0.1) is 12.4 Å². The Kier molecular flexibility index (Phi) is 3.81. The van der Waals surface area contributed by atoms with Crippen LogP contribution < -0.4 is 10.6 Å². The van der Waals surface area contributed by atoms with Crippen molar-refractivity contribution in [2.45, 2.75) is 18.9 Å². The monoisotopic (exact) mass is 330 g/mol. The van der Waals surface area contributed by atoms with Crippen molar-refractivity contribution in [2.75, 3.05) is 18.4 Å². The fraction of sp³-hybridized carbons (Fsp3) is 0.312. The van der Waals surface area contributed by atoms with Crippen molar-refractivity contribution < 1.29 is 8.78 Å². The molecule has 0 unspecified atom stereocenters. The molecule has 4 rings (SSSR count). The van der Waals surface area contributed by atoms with E-state index in [9.17, 15) is 8.78 Å². The van der Waals surface area contributed by atoms with Crippen molar-refractivity contribution in [2.24, 2.45) is 0 Å². The Labute approximate surface area is 136 Å². The molecule has 0 aliphatic carbocycles. The quantitative estimate of drug-likeness (QED) is 0.687. The van der Waals surface area contributed by atoms with E-state index in [1.807, 2.05) is 0 Å². The number of fused-ring (bicyclic) bond motifs is 1. The molecule has 1 aliphatic heterocycles. The Morgan fingerprint density at radius 3 is 2.96 bits per heavy atom. The molecule has 0 saturated carbocycles. The lowest BCUT2D eigenvalue weighted by molar-refractivity contribution is 0.476. The lowest BCUT2D eigenvalue weighted by Gasteiger charge is -2.24. The molecule has 8 heteroatoms. The van der Waals surface area contributed by atoms with Crippen LogP contribution >= 0.6 is 0 Å². The summed E-state index contributed by atoms with van der Waals surface area (Å²) in [6.07, 6.45) is 5.90. The van der Waals surface area contributed by atoms with Gasteiger partial charge in [0, 0.05) is 29.7 Å². The van der Waals surface area contributed by atoms with Gasteiger partial charge in [-0.15, -0.1) is 0 Å². The zero-order chi connectivity index (χ0) is 16.5. The van der Waals surface area contributed by atoms with Crippen LogP contribution in [0.15, 0.2) is 24.7 Å². The molecule has 3 N–H and O–H groups in total. The minimum atomic E-state index is -0.506. The minimum Gasteiger partial charge on any atom is -0.364 e. The zero-order valence-corrected chi connectivity index (χ0v) is 12.8. The maximum Gasteiger partial charge on any atom is 0.183 e. The summed E-state index contributed by atoms with van der Waals surface area (Å²) in [6.45, 7) is 1.74. The number of nitrogens with one attached hydrogen (secondary N) is 3. The van der Waals surface area contributed by atoms with Crippen molar-refractivity contribution in [1.82, 2.24) is 25.3 Å². The van der Waals surface area contributed by atoms with Crippen molar-refractivity contribution >= 4 is 16.9 Å². The first-order valence-corrected chi connectivity index (χ1v) is 7.83. The highest BCUT2D eigenvalue weighted by molar-refractivity contribution is 5.91. The average molecular weight is 330 g/mol. The number of anilines is 1. The summed E-state index contributed by atoms with van der Waals surface area (Å²) in [4.78, 5) is 15.3. The summed E-state index contributed by atoms with van der Waals surface area (Å²) in [5.74, 6) is -0.473. The van der Waals surface area contributed by atoms with E-state index in [1.165, 1.54) is 6.07 Å². The van der Waals surface area contributed by atoms with Gasteiger partial charge in [0.1, 0.15) is 11.5 Å². The Morgan fingerprint density at radius 1 is 1.21 bits per heavy atom. The maximum absolute atomic E-state index is 14.1. The molecule has 124 valence electrons. The lowest BCUT2D eigenvalue weighted by Crippen LogP contribution is -2.38. The lowest BCUT2D eigenvalue weighted by atomic mass is 10.1. The number of hydrogen-bond donors (Lipinski definition) is 3. The number of halogens is 2. The number of hydrogen-bond acceptors (Lipinski definition) is 5. The molecule has 4 heterocycles. The number of pyridine rings is 1. The summed E-state index contributed by atoms with van der Waals surface area (Å²) >= 11 is 0. The SMILES string of the molecule is Fc1cnc2[nH]cc(-c3ncc(F)c(N[C@@H]4CCCNC4)n3)c2c1. The summed E-state index contributed by atoms with van der Waals surface area (Å²) in [5, 5.41) is 6.95. The van der Waals surface area contributed by atoms with Crippen LogP contribution in [0.5, 0.6) is 0 Å². The van der Waals surface area contributed by atoms with E-state index in [0.29, 0.717) is 22.4 Å². The van der Waals surface area contributed by atoms with Crippen LogP contribution in [0.25, 0.3) is 22.4 Å². The Balaban J connectivity index is 1.70. The van der Waals surface area contributed by atoms with Crippen LogP contribution in [0.4, 0.5) is 14.6 Å². The van der Waals surface area contributed by atoms with E-state index in [2.05, 4.69) is 30.6 Å². The van der Waals surface area contributed by atoms with Crippen LogP contribution in [-0.2, 0) is 0 Å². The van der Waals surface area contributed by atoms with Crippen LogP contribution in [0.2, 0.25) is 0 Å². The second-order valence-corrected chi connectivity index (χ2v) is 5.83. The fourth-order valence-electron chi connectivity index (χ4n) is 2.93. The standard InChI is InChI=1S/C16H16F2N6/c17-9-4-11-12(7-21-14(11)20-5-9)15-22-8-13(18)16(24-15)23-10-2-1-3-19-6-10/h4-5,7-8,10,19H,1-3,6H2,(H,20,21)(H,22,23,24)/t10-/m1/s1. The van der Waals surface area contributed by atoms with Crippen molar-refractivity contribution in [3.05, 3.63) is 36.3 Å². The average Bonchev–Trinajstić information content (AvgIpc) is 3.01. The smallest absolute Gasteiger partial charge is 0.183 e. The van der Waals surface area contributed by atoms with Crippen LogP contribution in [0.3, 0.4) is 0 Å². The van der Waals surface area contributed by atoms with Gasteiger partial charge < -0.3 is 15.6 Å². The van der Waals surface area contributed by atoms with E-state index >= 15 is 0 Å².